The van der Waals surface area contributed by atoms with E-state index in [0.717, 1.165) is 26.0 Å². The first-order valence-corrected chi connectivity index (χ1v) is 8.63. The molecule has 0 atom stereocenters. The molecule has 0 bridgehead atoms. The lowest BCUT2D eigenvalue weighted by Gasteiger charge is -2.04. The summed E-state index contributed by atoms with van der Waals surface area (Å²) in [5.74, 6) is 2.01. The molecule has 0 radical (unpaired) electrons. The van der Waals surface area contributed by atoms with Crippen molar-refractivity contribution in [1.29, 1.82) is 0 Å². The molecule has 3 aromatic rings. The van der Waals surface area contributed by atoms with Crippen LogP contribution in [0.25, 0.3) is 10.2 Å². The summed E-state index contributed by atoms with van der Waals surface area (Å²) in [5.41, 5.74) is 7.27. The molecule has 108 valence electrons. The van der Waals surface area contributed by atoms with Crippen molar-refractivity contribution in [2.45, 2.75) is 24.5 Å². The Bertz CT molecular complexity index is 814. The number of benzene rings is 1. The van der Waals surface area contributed by atoms with Crippen LogP contribution in [0.1, 0.15) is 16.3 Å². The maximum atomic E-state index is 6.09. The van der Waals surface area contributed by atoms with Gasteiger partial charge >= 0.3 is 0 Å². The maximum Gasteiger partial charge on any atom is 0.142 e. The minimum absolute atomic E-state index is 0.573. The number of rotatable bonds is 3. The van der Waals surface area contributed by atoms with E-state index in [9.17, 15) is 0 Å². The quantitative estimate of drug-likeness (QED) is 0.696. The largest absolute Gasteiger partial charge is 0.383 e. The number of thiophene rings is 1. The number of hydrogen-bond acceptors (Lipinski definition) is 5. The number of halogens is 1. The molecular weight excluding hydrogens is 322 g/mol. The standard InChI is InChI=1S/C15H14ClN3S2/c1-8-9(2)21-15-13(8)14(17)18-12(19-15)7-20-11-5-3-4-10(16)6-11/h3-6H,7H2,1-2H3,(H2,17,18,19). The minimum Gasteiger partial charge on any atom is -0.383 e. The summed E-state index contributed by atoms with van der Waals surface area (Å²) >= 11 is 9.31. The van der Waals surface area contributed by atoms with Gasteiger partial charge in [-0.2, -0.15) is 0 Å². The van der Waals surface area contributed by atoms with Gasteiger partial charge in [0.15, 0.2) is 0 Å². The molecule has 0 saturated heterocycles. The van der Waals surface area contributed by atoms with Crippen LogP contribution in [0.2, 0.25) is 5.02 Å². The van der Waals surface area contributed by atoms with Crippen LogP contribution in [0.4, 0.5) is 5.82 Å². The number of nitrogens with zero attached hydrogens (tertiary/aromatic N) is 2. The summed E-state index contributed by atoms with van der Waals surface area (Å²) in [7, 11) is 0. The van der Waals surface area contributed by atoms with Crippen molar-refractivity contribution in [2.24, 2.45) is 0 Å². The van der Waals surface area contributed by atoms with Gasteiger partial charge in [0.1, 0.15) is 16.5 Å². The highest BCUT2D eigenvalue weighted by Crippen LogP contribution is 2.33. The number of aryl methyl sites for hydroxylation is 2. The van der Waals surface area contributed by atoms with Crippen molar-refractivity contribution in [1.82, 2.24) is 9.97 Å². The molecule has 2 N–H and O–H groups in total. The van der Waals surface area contributed by atoms with Gasteiger partial charge in [0.2, 0.25) is 0 Å². The van der Waals surface area contributed by atoms with E-state index in [1.807, 2.05) is 24.3 Å². The molecule has 0 aliphatic carbocycles. The van der Waals surface area contributed by atoms with Crippen molar-refractivity contribution in [3.63, 3.8) is 0 Å². The van der Waals surface area contributed by atoms with E-state index in [-0.39, 0.29) is 0 Å². The van der Waals surface area contributed by atoms with Crippen molar-refractivity contribution in [3.8, 4) is 0 Å². The molecule has 2 aromatic heterocycles. The van der Waals surface area contributed by atoms with Crippen LogP contribution >= 0.6 is 34.7 Å². The van der Waals surface area contributed by atoms with Gasteiger partial charge in [0.25, 0.3) is 0 Å². The van der Waals surface area contributed by atoms with Crippen molar-refractivity contribution in [3.05, 3.63) is 45.6 Å². The van der Waals surface area contributed by atoms with Gasteiger partial charge in [-0.15, -0.1) is 23.1 Å². The average molecular weight is 336 g/mol. The van der Waals surface area contributed by atoms with Gasteiger partial charge < -0.3 is 5.73 Å². The Labute approximate surface area is 136 Å². The molecule has 3 rings (SSSR count). The van der Waals surface area contributed by atoms with Gasteiger partial charge in [0, 0.05) is 14.8 Å². The van der Waals surface area contributed by atoms with Crippen molar-refractivity contribution in [2.75, 3.05) is 5.73 Å². The average Bonchev–Trinajstić information content (AvgIpc) is 2.72. The summed E-state index contributed by atoms with van der Waals surface area (Å²) in [4.78, 5) is 12.4. The SMILES string of the molecule is Cc1sc2nc(CSc3cccc(Cl)c3)nc(N)c2c1C. The van der Waals surface area contributed by atoms with Crippen LogP contribution in [-0.4, -0.2) is 9.97 Å². The predicted octanol–water partition coefficient (Wildman–Crippen LogP) is 4.84. The Hall–Kier alpha value is -1.30. The van der Waals surface area contributed by atoms with Crippen LogP contribution in [0.3, 0.4) is 0 Å². The van der Waals surface area contributed by atoms with Crippen LogP contribution in [0.5, 0.6) is 0 Å². The molecule has 0 saturated carbocycles. The molecule has 0 aliphatic rings. The Balaban J connectivity index is 1.88. The van der Waals surface area contributed by atoms with Crippen LogP contribution in [0, 0.1) is 13.8 Å². The number of thioether (sulfide) groups is 1. The third-order valence-corrected chi connectivity index (χ3v) is 5.59. The van der Waals surface area contributed by atoms with E-state index in [0.29, 0.717) is 11.6 Å². The Morgan fingerprint density at radius 1 is 1.29 bits per heavy atom. The zero-order chi connectivity index (χ0) is 15.0. The van der Waals surface area contributed by atoms with Gasteiger partial charge in [0.05, 0.1) is 11.1 Å². The predicted molar refractivity (Wildman–Crippen MR) is 92.3 cm³/mol. The topological polar surface area (TPSA) is 51.8 Å². The fourth-order valence-corrected chi connectivity index (χ4v) is 4.22. The first-order valence-electron chi connectivity index (χ1n) is 6.45. The number of hydrogen-bond donors (Lipinski definition) is 1. The number of fused-ring (bicyclic) bond motifs is 1. The molecule has 6 heteroatoms. The second-order valence-electron chi connectivity index (χ2n) is 4.73. The van der Waals surface area contributed by atoms with Gasteiger partial charge in [-0.3, -0.25) is 0 Å². The zero-order valence-electron chi connectivity index (χ0n) is 11.7. The maximum absolute atomic E-state index is 6.09. The molecule has 0 amide bonds. The third-order valence-electron chi connectivity index (χ3n) is 3.27. The van der Waals surface area contributed by atoms with Crippen LogP contribution in [-0.2, 0) is 5.75 Å². The second-order valence-corrected chi connectivity index (χ2v) is 7.42. The molecule has 3 nitrogen and oxygen atoms in total. The highest BCUT2D eigenvalue weighted by Gasteiger charge is 2.12. The van der Waals surface area contributed by atoms with Gasteiger partial charge in [-0.1, -0.05) is 17.7 Å². The lowest BCUT2D eigenvalue weighted by Crippen LogP contribution is -1.99. The summed E-state index contributed by atoms with van der Waals surface area (Å²) in [6.07, 6.45) is 0. The van der Waals surface area contributed by atoms with Crippen molar-refractivity contribution >= 4 is 50.7 Å². The molecule has 1 aromatic carbocycles. The van der Waals surface area contributed by atoms with E-state index in [2.05, 4.69) is 23.8 Å². The lowest BCUT2D eigenvalue weighted by atomic mass is 10.2. The van der Waals surface area contributed by atoms with Gasteiger partial charge in [-0.25, -0.2) is 9.97 Å². The minimum atomic E-state index is 0.573. The van der Waals surface area contributed by atoms with E-state index in [4.69, 9.17) is 17.3 Å². The van der Waals surface area contributed by atoms with Crippen molar-refractivity contribution < 1.29 is 0 Å². The molecule has 21 heavy (non-hydrogen) atoms. The normalized spacial score (nSPS) is 11.2. The molecule has 0 unspecified atom stereocenters. The number of aromatic nitrogens is 2. The second kappa shape index (κ2) is 5.83. The Morgan fingerprint density at radius 2 is 2.10 bits per heavy atom. The highest BCUT2D eigenvalue weighted by atomic mass is 35.5. The molecule has 0 spiro atoms. The Morgan fingerprint density at radius 3 is 2.86 bits per heavy atom. The highest BCUT2D eigenvalue weighted by molar-refractivity contribution is 7.98. The van der Waals surface area contributed by atoms with E-state index in [1.165, 1.54) is 10.4 Å². The summed E-state index contributed by atoms with van der Waals surface area (Å²) < 4.78 is 0. The number of nitrogen functional groups attached to an aromatic ring is 1. The number of nitrogens with two attached hydrogens (primary N) is 1. The smallest absolute Gasteiger partial charge is 0.142 e. The molecule has 0 aliphatic heterocycles. The monoisotopic (exact) mass is 335 g/mol. The van der Waals surface area contributed by atoms with Crippen LogP contribution < -0.4 is 5.73 Å². The summed E-state index contributed by atoms with van der Waals surface area (Å²) in [6.45, 7) is 4.15. The molecule has 0 fully saturated rings. The fraction of sp³-hybridized carbons (Fsp3) is 0.200. The van der Waals surface area contributed by atoms with E-state index in [1.54, 1.807) is 23.1 Å². The first kappa shape index (κ1) is 14.6. The van der Waals surface area contributed by atoms with Gasteiger partial charge in [-0.05, 0) is 37.6 Å². The molecular formula is C15H14ClN3S2. The lowest BCUT2D eigenvalue weighted by molar-refractivity contribution is 1.08. The fourth-order valence-electron chi connectivity index (χ4n) is 2.10. The first-order chi connectivity index (χ1) is 10.0. The van der Waals surface area contributed by atoms with Crippen LogP contribution in [0.15, 0.2) is 29.2 Å². The summed E-state index contributed by atoms with van der Waals surface area (Å²) in [5, 5.41) is 1.73. The summed E-state index contributed by atoms with van der Waals surface area (Å²) in [6, 6.07) is 7.77. The Kier molecular flexibility index (Phi) is 4.06. The zero-order valence-corrected chi connectivity index (χ0v) is 14.1. The third kappa shape index (κ3) is 3.00. The van der Waals surface area contributed by atoms with E-state index >= 15 is 0 Å². The van der Waals surface area contributed by atoms with E-state index < -0.39 is 0 Å². The number of anilines is 1. The molecule has 2 heterocycles.